The Bertz CT molecular complexity index is 358. The van der Waals surface area contributed by atoms with E-state index in [-0.39, 0.29) is 11.9 Å². The number of rotatable bonds is 8. The van der Waals surface area contributed by atoms with E-state index < -0.39 is 0 Å². The SMILES string of the molecule is COCCCCNC(C)c1ccc(OC)cc1F. The van der Waals surface area contributed by atoms with E-state index in [1.54, 1.807) is 19.2 Å². The van der Waals surface area contributed by atoms with Crippen LogP contribution in [0.4, 0.5) is 4.39 Å². The zero-order chi connectivity index (χ0) is 13.4. The van der Waals surface area contributed by atoms with Crippen LogP contribution in [-0.2, 0) is 4.74 Å². The number of hydrogen-bond acceptors (Lipinski definition) is 3. The maximum atomic E-state index is 13.8. The summed E-state index contributed by atoms with van der Waals surface area (Å²) < 4.78 is 23.7. The summed E-state index contributed by atoms with van der Waals surface area (Å²) in [4.78, 5) is 0. The standard InChI is InChI=1S/C14H22FNO2/c1-11(16-8-4-5-9-17-2)13-7-6-12(18-3)10-14(13)15/h6-7,10-11,16H,4-5,8-9H2,1-3H3. The van der Waals surface area contributed by atoms with Crippen LogP contribution < -0.4 is 10.1 Å². The molecule has 102 valence electrons. The van der Waals surface area contributed by atoms with Crippen LogP contribution >= 0.6 is 0 Å². The van der Waals surface area contributed by atoms with Crippen LogP contribution in [0.25, 0.3) is 0 Å². The van der Waals surface area contributed by atoms with Gasteiger partial charge in [0.1, 0.15) is 11.6 Å². The molecule has 0 spiro atoms. The minimum absolute atomic E-state index is 0.00143. The number of hydrogen-bond donors (Lipinski definition) is 1. The summed E-state index contributed by atoms with van der Waals surface area (Å²) in [6.07, 6.45) is 2.04. The minimum atomic E-state index is -0.230. The molecule has 1 rings (SSSR count). The molecule has 0 heterocycles. The molecule has 4 heteroatoms. The van der Waals surface area contributed by atoms with Gasteiger partial charge in [-0.05, 0) is 32.4 Å². The lowest BCUT2D eigenvalue weighted by atomic mass is 10.1. The molecule has 0 saturated carbocycles. The minimum Gasteiger partial charge on any atom is -0.497 e. The van der Waals surface area contributed by atoms with Crippen LogP contribution in [-0.4, -0.2) is 27.4 Å². The molecule has 0 fully saturated rings. The van der Waals surface area contributed by atoms with E-state index in [2.05, 4.69) is 5.32 Å². The van der Waals surface area contributed by atoms with Gasteiger partial charge in [-0.25, -0.2) is 4.39 Å². The van der Waals surface area contributed by atoms with Crippen LogP contribution in [0, 0.1) is 5.82 Å². The molecule has 0 radical (unpaired) electrons. The second-order valence-electron chi connectivity index (χ2n) is 4.26. The number of unbranched alkanes of at least 4 members (excludes halogenated alkanes) is 1. The van der Waals surface area contributed by atoms with Gasteiger partial charge >= 0.3 is 0 Å². The number of ether oxygens (including phenoxy) is 2. The van der Waals surface area contributed by atoms with Crippen molar-refractivity contribution in [1.29, 1.82) is 0 Å². The van der Waals surface area contributed by atoms with Gasteiger partial charge in [-0.3, -0.25) is 0 Å². The quantitative estimate of drug-likeness (QED) is 0.724. The smallest absolute Gasteiger partial charge is 0.131 e. The lowest BCUT2D eigenvalue weighted by molar-refractivity contribution is 0.192. The predicted octanol–water partition coefficient (Wildman–Crippen LogP) is 2.91. The van der Waals surface area contributed by atoms with E-state index >= 15 is 0 Å². The third kappa shape index (κ3) is 4.63. The summed E-state index contributed by atoms with van der Waals surface area (Å²) in [7, 11) is 3.23. The van der Waals surface area contributed by atoms with Crippen LogP contribution in [0.2, 0.25) is 0 Å². The maximum Gasteiger partial charge on any atom is 0.131 e. The first-order valence-corrected chi connectivity index (χ1v) is 6.24. The Morgan fingerprint density at radius 1 is 1.28 bits per heavy atom. The van der Waals surface area contributed by atoms with Crippen molar-refractivity contribution < 1.29 is 13.9 Å². The fourth-order valence-corrected chi connectivity index (χ4v) is 1.79. The lowest BCUT2D eigenvalue weighted by Gasteiger charge is -2.15. The van der Waals surface area contributed by atoms with Gasteiger partial charge in [-0.15, -0.1) is 0 Å². The molecule has 0 aromatic heterocycles. The zero-order valence-electron chi connectivity index (χ0n) is 11.3. The van der Waals surface area contributed by atoms with Crippen molar-refractivity contribution in [3.63, 3.8) is 0 Å². The lowest BCUT2D eigenvalue weighted by Crippen LogP contribution is -2.21. The number of halogens is 1. The molecule has 1 N–H and O–H groups in total. The molecule has 0 amide bonds. The van der Waals surface area contributed by atoms with Crippen molar-refractivity contribution in [3.8, 4) is 5.75 Å². The molecule has 0 aliphatic heterocycles. The Hall–Kier alpha value is -1.13. The van der Waals surface area contributed by atoms with Crippen LogP contribution in [0.1, 0.15) is 31.4 Å². The highest BCUT2D eigenvalue weighted by atomic mass is 19.1. The number of nitrogens with one attached hydrogen (secondary N) is 1. The van der Waals surface area contributed by atoms with E-state index in [1.807, 2.05) is 6.92 Å². The van der Waals surface area contributed by atoms with Gasteiger partial charge in [0.15, 0.2) is 0 Å². The summed E-state index contributed by atoms with van der Waals surface area (Å²) in [5, 5.41) is 3.30. The van der Waals surface area contributed by atoms with E-state index in [0.29, 0.717) is 11.3 Å². The van der Waals surface area contributed by atoms with Crippen molar-refractivity contribution in [3.05, 3.63) is 29.6 Å². The molecular weight excluding hydrogens is 233 g/mol. The summed E-state index contributed by atoms with van der Waals surface area (Å²) in [6.45, 7) is 3.59. The fraction of sp³-hybridized carbons (Fsp3) is 0.571. The molecule has 0 aliphatic carbocycles. The molecule has 1 aromatic rings. The molecule has 0 bridgehead atoms. The van der Waals surface area contributed by atoms with E-state index in [9.17, 15) is 4.39 Å². The molecule has 0 saturated heterocycles. The van der Waals surface area contributed by atoms with Crippen molar-refractivity contribution in [1.82, 2.24) is 5.32 Å². The van der Waals surface area contributed by atoms with E-state index in [0.717, 1.165) is 26.0 Å². The largest absolute Gasteiger partial charge is 0.497 e. The zero-order valence-corrected chi connectivity index (χ0v) is 11.3. The van der Waals surface area contributed by atoms with Gasteiger partial charge in [-0.1, -0.05) is 6.07 Å². The Morgan fingerprint density at radius 2 is 2.06 bits per heavy atom. The summed E-state index contributed by atoms with van der Waals surface area (Å²) in [5.74, 6) is 0.315. The van der Waals surface area contributed by atoms with Crippen molar-refractivity contribution in [2.24, 2.45) is 0 Å². The predicted molar refractivity (Wildman–Crippen MR) is 70.5 cm³/mol. The fourth-order valence-electron chi connectivity index (χ4n) is 1.79. The van der Waals surface area contributed by atoms with Crippen molar-refractivity contribution in [2.45, 2.75) is 25.8 Å². The maximum absolute atomic E-state index is 13.8. The van der Waals surface area contributed by atoms with Gasteiger partial charge < -0.3 is 14.8 Å². The molecule has 1 atom stereocenters. The highest BCUT2D eigenvalue weighted by Crippen LogP contribution is 2.21. The third-order valence-electron chi connectivity index (χ3n) is 2.90. The van der Waals surface area contributed by atoms with Crippen molar-refractivity contribution in [2.75, 3.05) is 27.4 Å². The number of methoxy groups -OCH3 is 2. The summed E-state index contributed by atoms with van der Waals surface area (Å²) in [6, 6.07) is 4.96. The Balaban J connectivity index is 2.43. The molecule has 0 aliphatic rings. The van der Waals surface area contributed by atoms with Gasteiger partial charge in [0.2, 0.25) is 0 Å². The first-order chi connectivity index (χ1) is 8.69. The first-order valence-electron chi connectivity index (χ1n) is 6.24. The Labute approximate surface area is 108 Å². The molecule has 3 nitrogen and oxygen atoms in total. The average Bonchev–Trinajstić information content (AvgIpc) is 2.38. The van der Waals surface area contributed by atoms with Crippen LogP contribution in [0.3, 0.4) is 0 Å². The monoisotopic (exact) mass is 255 g/mol. The molecule has 18 heavy (non-hydrogen) atoms. The Kier molecular flexibility index (Phi) is 6.68. The van der Waals surface area contributed by atoms with Gasteiger partial charge in [-0.2, -0.15) is 0 Å². The summed E-state index contributed by atoms with van der Waals surface area (Å²) >= 11 is 0. The average molecular weight is 255 g/mol. The van der Waals surface area contributed by atoms with E-state index in [4.69, 9.17) is 9.47 Å². The van der Waals surface area contributed by atoms with Gasteiger partial charge in [0, 0.05) is 31.4 Å². The van der Waals surface area contributed by atoms with Crippen LogP contribution in [0.5, 0.6) is 5.75 Å². The number of benzene rings is 1. The normalized spacial score (nSPS) is 12.4. The highest BCUT2D eigenvalue weighted by molar-refractivity contribution is 5.30. The van der Waals surface area contributed by atoms with Crippen LogP contribution in [0.15, 0.2) is 18.2 Å². The molecule has 1 aromatic carbocycles. The second kappa shape index (κ2) is 8.06. The van der Waals surface area contributed by atoms with Crippen molar-refractivity contribution >= 4 is 0 Å². The second-order valence-corrected chi connectivity index (χ2v) is 4.26. The summed E-state index contributed by atoms with van der Waals surface area (Å²) in [5.41, 5.74) is 0.669. The Morgan fingerprint density at radius 3 is 2.67 bits per heavy atom. The van der Waals surface area contributed by atoms with Gasteiger partial charge in [0.25, 0.3) is 0 Å². The topological polar surface area (TPSA) is 30.5 Å². The molecule has 1 unspecified atom stereocenters. The first kappa shape index (κ1) is 14.9. The van der Waals surface area contributed by atoms with E-state index in [1.165, 1.54) is 13.2 Å². The highest BCUT2D eigenvalue weighted by Gasteiger charge is 2.10. The van der Waals surface area contributed by atoms with Gasteiger partial charge in [0.05, 0.1) is 7.11 Å². The third-order valence-corrected chi connectivity index (χ3v) is 2.90. The molecular formula is C14H22FNO2.